The Balaban J connectivity index is 1.35. The number of amides is 1. The molecule has 1 spiro atoms. The second-order valence-electron chi connectivity index (χ2n) is 11.1. The molecule has 0 N–H and O–H groups in total. The summed E-state index contributed by atoms with van der Waals surface area (Å²) in [5, 5.41) is 0. The fourth-order valence-corrected chi connectivity index (χ4v) is 8.37. The van der Waals surface area contributed by atoms with Crippen molar-refractivity contribution >= 4 is 27.6 Å². The van der Waals surface area contributed by atoms with Crippen LogP contribution in [0.5, 0.6) is 0 Å². The molecule has 4 fully saturated rings. The van der Waals surface area contributed by atoms with Crippen molar-refractivity contribution in [1.29, 1.82) is 0 Å². The Morgan fingerprint density at radius 2 is 1.82 bits per heavy atom. The highest BCUT2D eigenvalue weighted by atomic mass is 79.9. The molecule has 6 rings (SSSR count). The van der Waals surface area contributed by atoms with Gasteiger partial charge in [0.1, 0.15) is 5.78 Å². The van der Waals surface area contributed by atoms with Crippen LogP contribution in [0.25, 0.3) is 0 Å². The molecule has 0 unspecified atom stereocenters. The van der Waals surface area contributed by atoms with E-state index < -0.39 is 5.79 Å². The van der Waals surface area contributed by atoms with Gasteiger partial charge in [-0.15, -0.1) is 0 Å². The van der Waals surface area contributed by atoms with Crippen LogP contribution in [0.2, 0.25) is 0 Å². The molecule has 2 saturated carbocycles. The van der Waals surface area contributed by atoms with Crippen LogP contribution in [0.3, 0.4) is 0 Å². The maximum Gasteiger partial charge on any atom is 0.227 e. The third kappa shape index (κ3) is 3.02. The van der Waals surface area contributed by atoms with E-state index in [0.717, 1.165) is 41.4 Å². The minimum absolute atomic E-state index is 0.0346. The summed E-state index contributed by atoms with van der Waals surface area (Å²) in [5.41, 5.74) is 1.62. The van der Waals surface area contributed by atoms with Crippen LogP contribution in [0.15, 0.2) is 40.5 Å². The molecule has 0 bridgehead atoms. The number of carbonyl (C=O) groups is 2. The maximum absolute atomic E-state index is 13.9. The number of hydrogen-bond acceptors (Lipinski definition) is 4. The summed E-state index contributed by atoms with van der Waals surface area (Å²) in [5.74, 6) is 0.586. The van der Waals surface area contributed by atoms with Crippen LogP contribution in [0, 0.1) is 28.6 Å². The van der Waals surface area contributed by atoms with E-state index in [0.29, 0.717) is 50.2 Å². The van der Waals surface area contributed by atoms with Crippen molar-refractivity contribution in [1.82, 2.24) is 4.90 Å². The number of allylic oxidation sites excluding steroid dienone is 2. The van der Waals surface area contributed by atoms with Crippen LogP contribution in [0.1, 0.15) is 57.9 Å². The number of likely N-dealkylation sites (tertiary alicyclic amines) is 1. The summed E-state index contributed by atoms with van der Waals surface area (Å²) in [6, 6.07) is 8.16. The molecule has 33 heavy (non-hydrogen) atoms. The smallest absolute Gasteiger partial charge is 0.227 e. The number of nitrogens with zero attached hydrogens (tertiary/aromatic N) is 1. The molecule has 1 aromatic rings. The molecule has 5 atom stereocenters. The average molecular weight is 514 g/mol. The number of piperidine rings is 1. The summed E-state index contributed by atoms with van der Waals surface area (Å²) >= 11 is 3.49. The second-order valence-corrected chi connectivity index (χ2v) is 12.1. The van der Waals surface area contributed by atoms with Crippen molar-refractivity contribution in [3.63, 3.8) is 0 Å². The van der Waals surface area contributed by atoms with Gasteiger partial charge in [-0.2, -0.15) is 0 Å². The average Bonchev–Trinajstić information content (AvgIpc) is 3.37. The SMILES string of the molecule is C[C@]12CCC(=O)N(Cc3ccc(Br)cc3)C1=CC[C@@H]1[C@@H]2C(=O)C[C@@]2(C)[C@H]1CCC21OCCO1. The van der Waals surface area contributed by atoms with E-state index in [1.807, 2.05) is 17.0 Å². The molecule has 176 valence electrons. The van der Waals surface area contributed by atoms with Gasteiger partial charge in [-0.05, 0) is 48.8 Å². The zero-order valence-corrected chi connectivity index (χ0v) is 21.0. The van der Waals surface area contributed by atoms with E-state index in [1.165, 1.54) is 0 Å². The summed E-state index contributed by atoms with van der Waals surface area (Å²) < 4.78 is 13.4. The minimum Gasteiger partial charge on any atom is -0.347 e. The number of benzene rings is 1. The van der Waals surface area contributed by atoms with Crippen molar-refractivity contribution in [2.45, 2.75) is 64.7 Å². The van der Waals surface area contributed by atoms with E-state index >= 15 is 0 Å². The lowest BCUT2D eigenvalue weighted by Crippen LogP contribution is -2.60. The highest BCUT2D eigenvalue weighted by Gasteiger charge is 2.69. The lowest BCUT2D eigenvalue weighted by molar-refractivity contribution is -0.238. The zero-order chi connectivity index (χ0) is 23.0. The first kappa shape index (κ1) is 22.0. The molecule has 2 heterocycles. The quantitative estimate of drug-likeness (QED) is 0.543. The summed E-state index contributed by atoms with van der Waals surface area (Å²) in [4.78, 5) is 28.9. The van der Waals surface area contributed by atoms with E-state index in [4.69, 9.17) is 9.47 Å². The third-order valence-corrected chi connectivity index (χ3v) is 10.1. The largest absolute Gasteiger partial charge is 0.347 e. The Hall–Kier alpha value is -1.50. The fraction of sp³-hybridized carbons (Fsp3) is 0.630. The van der Waals surface area contributed by atoms with Crippen molar-refractivity contribution in [3.8, 4) is 0 Å². The molecule has 6 heteroatoms. The predicted molar refractivity (Wildman–Crippen MR) is 127 cm³/mol. The Kier molecular flexibility index (Phi) is 5.00. The van der Waals surface area contributed by atoms with Crippen LogP contribution >= 0.6 is 15.9 Å². The van der Waals surface area contributed by atoms with Crippen LogP contribution < -0.4 is 0 Å². The maximum atomic E-state index is 13.9. The molecule has 5 aliphatic rings. The Morgan fingerprint density at radius 3 is 2.55 bits per heavy atom. The van der Waals surface area contributed by atoms with Gasteiger partial charge in [0.15, 0.2) is 5.79 Å². The van der Waals surface area contributed by atoms with Gasteiger partial charge in [0, 0.05) is 46.2 Å². The molecular formula is C27H32BrNO4. The lowest BCUT2D eigenvalue weighted by Gasteiger charge is -2.58. The van der Waals surface area contributed by atoms with E-state index in [2.05, 4.69) is 48.0 Å². The number of carbonyl (C=O) groups excluding carboxylic acids is 2. The van der Waals surface area contributed by atoms with Gasteiger partial charge in [-0.1, -0.05) is 48.0 Å². The predicted octanol–water partition coefficient (Wildman–Crippen LogP) is 5.23. The first-order valence-corrected chi connectivity index (χ1v) is 13.1. The second kappa shape index (κ2) is 7.50. The number of ketones is 1. The van der Waals surface area contributed by atoms with Crippen LogP contribution in [0.4, 0.5) is 0 Å². The number of fused-ring (bicyclic) bond motifs is 6. The van der Waals surface area contributed by atoms with Gasteiger partial charge in [0.25, 0.3) is 0 Å². The van der Waals surface area contributed by atoms with E-state index in [1.54, 1.807) is 0 Å². The van der Waals surface area contributed by atoms with Gasteiger partial charge in [-0.3, -0.25) is 9.59 Å². The third-order valence-electron chi connectivity index (χ3n) is 9.62. The molecular weight excluding hydrogens is 482 g/mol. The molecule has 2 aliphatic heterocycles. The number of halogens is 1. The Bertz CT molecular complexity index is 1030. The van der Waals surface area contributed by atoms with Crippen molar-refractivity contribution in [2.75, 3.05) is 13.2 Å². The van der Waals surface area contributed by atoms with Crippen molar-refractivity contribution in [2.24, 2.45) is 28.6 Å². The first-order valence-electron chi connectivity index (χ1n) is 12.3. The first-order chi connectivity index (χ1) is 15.8. The number of hydrogen-bond donors (Lipinski definition) is 0. The molecule has 2 saturated heterocycles. The molecule has 0 aromatic heterocycles. The lowest BCUT2D eigenvalue weighted by atomic mass is 9.49. The highest BCUT2D eigenvalue weighted by Crippen LogP contribution is 2.67. The summed E-state index contributed by atoms with van der Waals surface area (Å²) in [6.07, 6.45) is 6.83. The standard InChI is InChI=1S/C27H32BrNO4/c1-25-11-10-23(31)29(16-17-3-5-18(28)6-4-17)22(25)8-7-19-20-9-12-27(32-13-14-33-27)26(20,2)15-21(30)24(19)25/h3-6,8,19-20,24H,7,9-16H2,1-2H3/t19-,20-,24+,25-,26-/m0/s1. The minimum atomic E-state index is -0.584. The van der Waals surface area contributed by atoms with Crippen LogP contribution in [-0.2, 0) is 25.6 Å². The molecule has 1 amide bonds. The van der Waals surface area contributed by atoms with Gasteiger partial charge in [0.05, 0.1) is 19.8 Å². The van der Waals surface area contributed by atoms with Crippen molar-refractivity contribution < 1.29 is 19.1 Å². The van der Waals surface area contributed by atoms with Crippen LogP contribution in [-0.4, -0.2) is 35.6 Å². The monoisotopic (exact) mass is 513 g/mol. The van der Waals surface area contributed by atoms with E-state index in [-0.39, 0.29) is 22.7 Å². The Morgan fingerprint density at radius 1 is 1.09 bits per heavy atom. The van der Waals surface area contributed by atoms with Crippen molar-refractivity contribution in [3.05, 3.63) is 46.1 Å². The van der Waals surface area contributed by atoms with E-state index in [9.17, 15) is 9.59 Å². The summed E-state index contributed by atoms with van der Waals surface area (Å²) in [7, 11) is 0. The molecule has 5 nitrogen and oxygen atoms in total. The van der Waals surface area contributed by atoms with Gasteiger partial charge >= 0.3 is 0 Å². The fourth-order valence-electron chi connectivity index (χ4n) is 8.11. The highest BCUT2D eigenvalue weighted by molar-refractivity contribution is 9.10. The van der Waals surface area contributed by atoms with Gasteiger partial charge < -0.3 is 14.4 Å². The number of rotatable bonds is 2. The summed E-state index contributed by atoms with van der Waals surface area (Å²) in [6.45, 7) is 6.28. The van der Waals surface area contributed by atoms with Gasteiger partial charge in [0.2, 0.25) is 5.91 Å². The zero-order valence-electron chi connectivity index (χ0n) is 19.4. The Labute approximate surface area is 204 Å². The molecule has 0 radical (unpaired) electrons. The molecule has 3 aliphatic carbocycles. The molecule has 1 aromatic carbocycles. The number of ether oxygens (including phenoxy) is 2. The van der Waals surface area contributed by atoms with Gasteiger partial charge in [-0.25, -0.2) is 0 Å². The normalized spacial score (nSPS) is 39.3. The number of Topliss-reactive ketones (excluding diaryl/α,β-unsaturated/α-hetero) is 1. The topological polar surface area (TPSA) is 55.8 Å².